The van der Waals surface area contributed by atoms with Crippen molar-refractivity contribution in [2.24, 2.45) is 0 Å². The zero-order chi connectivity index (χ0) is 23.5. The molecule has 0 atom stereocenters. The highest BCUT2D eigenvalue weighted by Gasteiger charge is 2.22. The Morgan fingerprint density at radius 3 is 2.25 bits per heavy atom. The van der Waals surface area contributed by atoms with E-state index in [1.807, 2.05) is 24.3 Å². The molecule has 1 aliphatic heterocycles. The van der Waals surface area contributed by atoms with E-state index in [9.17, 15) is 15.0 Å². The van der Waals surface area contributed by atoms with E-state index < -0.39 is 0 Å². The van der Waals surface area contributed by atoms with Crippen LogP contribution in [0.3, 0.4) is 0 Å². The zero-order valence-electron chi connectivity index (χ0n) is 19.8. The minimum absolute atomic E-state index is 0. The van der Waals surface area contributed by atoms with E-state index in [4.69, 9.17) is 4.74 Å². The summed E-state index contributed by atoms with van der Waals surface area (Å²) >= 11 is 1.46. The number of thiophene rings is 1. The fourth-order valence-corrected chi connectivity index (χ4v) is 5.69. The Balaban J connectivity index is 0.00000180. The number of fused-ring (bicyclic) bond motifs is 1. The number of piperidine rings is 1. The highest BCUT2D eigenvalue weighted by Crippen LogP contribution is 2.41. The number of ether oxygens (including phenoxy) is 1. The number of halogens is 1. The molecule has 4 aromatic rings. The molecule has 0 amide bonds. The third-order valence-corrected chi connectivity index (χ3v) is 7.47. The number of carbonyl (C=O) groups excluding carboxylic acids is 1. The number of phenols is 2. The minimum Gasteiger partial charge on any atom is -0.508 e. The summed E-state index contributed by atoms with van der Waals surface area (Å²) < 4.78 is 6.76. The van der Waals surface area contributed by atoms with Gasteiger partial charge in [-0.2, -0.15) is 0 Å². The van der Waals surface area contributed by atoms with Gasteiger partial charge in [0.2, 0.25) is 0 Å². The standard InChI is InChI=1S/C28H27NO4S.ClH.H2O/c30-21-8-4-20(5-9-21)28-26(24-13-10-22(31)18-25(24)34-28)27(32)19-6-11-23(12-7-19)33-17-16-29-14-2-1-3-15-29;;/h4-13,18,30-31H,1-3,14-17H2;1H;1H2. The topological polar surface area (TPSA) is 102 Å². The number of aromatic hydroxyl groups is 2. The molecule has 36 heavy (non-hydrogen) atoms. The third kappa shape index (κ3) is 5.99. The summed E-state index contributed by atoms with van der Waals surface area (Å²) in [5.74, 6) is 1.01. The van der Waals surface area contributed by atoms with Crippen LogP contribution in [0, 0.1) is 0 Å². The Bertz CT molecular complexity index is 1300. The Morgan fingerprint density at radius 2 is 1.56 bits per heavy atom. The molecule has 2 heterocycles. The maximum atomic E-state index is 13.6. The number of rotatable bonds is 7. The summed E-state index contributed by atoms with van der Waals surface area (Å²) in [6.07, 6.45) is 3.85. The predicted octanol–water partition coefficient (Wildman–Crippen LogP) is 5.67. The molecular weight excluding hydrogens is 498 g/mol. The predicted molar refractivity (Wildman–Crippen MR) is 147 cm³/mol. The normalized spacial score (nSPS) is 13.6. The van der Waals surface area contributed by atoms with Gasteiger partial charge in [0, 0.05) is 32.6 Å². The molecule has 1 saturated heterocycles. The van der Waals surface area contributed by atoms with Crippen molar-refractivity contribution < 1.29 is 25.2 Å². The summed E-state index contributed by atoms with van der Waals surface area (Å²) in [4.78, 5) is 16.9. The average molecular weight is 528 g/mol. The van der Waals surface area contributed by atoms with E-state index in [0.29, 0.717) is 17.7 Å². The van der Waals surface area contributed by atoms with Gasteiger partial charge in [-0.25, -0.2) is 0 Å². The first kappa shape index (κ1) is 27.5. The molecule has 0 radical (unpaired) electrons. The van der Waals surface area contributed by atoms with Gasteiger partial charge in [0.1, 0.15) is 23.9 Å². The molecule has 190 valence electrons. The Kier molecular flexibility index (Phi) is 9.34. The Labute approximate surface area is 220 Å². The van der Waals surface area contributed by atoms with Crippen LogP contribution in [-0.2, 0) is 0 Å². The van der Waals surface area contributed by atoms with Crippen LogP contribution < -0.4 is 4.74 Å². The lowest BCUT2D eigenvalue weighted by atomic mass is 9.97. The van der Waals surface area contributed by atoms with Gasteiger partial charge in [0.25, 0.3) is 0 Å². The van der Waals surface area contributed by atoms with Gasteiger partial charge in [-0.1, -0.05) is 6.42 Å². The second-order valence-electron chi connectivity index (χ2n) is 8.64. The van der Waals surface area contributed by atoms with Gasteiger partial charge in [-0.05, 0) is 98.2 Å². The van der Waals surface area contributed by atoms with Crippen molar-refractivity contribution in [3.05, 3.63) is 77.9 Å². The van der Waals surface area contributed by atoms with Gasteiger partial charge < -0.3 is 20.4 Å². The van der Waals surface area contributed by atoms with E-state index in [0.717, 1.165) is 45.9 Å². The molecule has 6 nitrogen and oxygen atoms in total. The molecule has 1 aromatic heterocycles. The number of ketones is 1. The largest absolute Gasteiger partial charge is 0.508 e. The number of phenolic OH excluding ortho intramolecular Hbond substituents is 2. The smallest absolute Gasteiger partial charge is 0.195 e. The summed E-state index contributed by atoms with van der Waals surface area (Å²) in [6.45, 7) is 3.85. The number of carbonyl (C=O) groups is 1. The summed E-state index contributed by atoms with van der Waals surface area (Å²) in [5.41, 5.74) is 2.03. The van der Waals surface area contributed by atoms with Gasteiger partial charge in [0.05, 0.1) is 0 Å². The average Bonchev–Trinajstić information content (AvgIpc) is 3.23. The number of hydrogen-bond acceptors (Lipinski definition) is 6. The van der Waals surface area contributed by atoms with Crippen molar-refractivity contribution in [2.45, 2.75) is 19.3 Å². The first-order valence-electron chi connectivity index (χ1n) is 11.6. The molecule has 0 aliphatic carbocycles. The SMILES string of the molecule is Cl.O.O=C(c1ccc(OCCN2CCCCC2)cc1)c1c(-c2ccc(O)cc2)sc2cc(O)ccc12. The molecule has 0 unspecified atom stereocenters. The van der Waals surface area contributed by atoms with Gasteiger partial charge in [0.15, 0.2) is 5.78 Å². The lowest BCUT2D eigenvalue weighted by Gasteiger charge is -2.26. The van der Waals surface area contributed by atoms with Crippen LogP contribution in [0.5, 0.6) is 17.2 Å². The van der Waals surface area contributed by atoms with Crippen LogP contribution >= 0.6 is 23.7 Å². The highest BCUT2D eigenvalue weighted by molar-refractivity contribution is 7.22. The molecular formula is C28H30ClNO5S. The van der Waals surface area contributed by atoms with Gasteiger partial charge >= 0.3 is 0 Å². The van der Waals surface area contributed by atoms with Crippen LogP contribution in [-0.4, -0.2) is 52.6 Å². The summed E-state index contributed by atoms with van der Waals surface area (Å²) in [5, 5.41) is 20.4. The summed E-state index contributed by atoms with van der Waals surface area (Å²) in [7, 11) is 0. The maximum absolute atomic E-state index is 13.6. The number of benzene rings is 3. The summed E-state index contributed by atoms with van der Waals surface area (Å²) in [6, 6.07) is 19.2. The van der Waals surface area contributed by atoms with Crippen molar-refractivity contribution in [3.63, 3.8) is 0 Å². The quantitative estimate of drug-likeness (QED) is 0.301. The number of likely N-dealkylation sites (tertiary alicyclic amines) is 1. The lowest BCUT2D eigenvalue weighted by molar-refractivity contribution is 0.104. The van der Waals surface area contributed by atoms with Crippen molar-refractivity contribution in [1.82, 2.24) is 4.90 Å². The van der Waals surface area contributed by atoms with Gasteiger partial charge in [-0.15, -0.1) is 23.7 Å². The Hall–Kier alpha value is -3.10. The van der Waals surface area contributed by atoms with Crippen molar-refractivity contribution >= 4 is 39.6 Å². The molecule has 1 fully saturated rings. The fourth-order valence-electron chi connectivity index (χ4n) is 4.45. The lowest BCUT2D eigenvalue weighted by Crippen LogP contribution is -2.33. The monoisotopic (exact) mass is 527 g/mol. The van der Waals surface area contributed by atoms with Gasteiger partial charge in [-0.3, -0.25) is 9.69 Å². The molecule has 1 aliphatic rings. The van der Waals surface area contributed by atoms with E-state index in [1.165, 1.54) is 30.6 Å². The molecule has 0 saturated carbocycles. The van der Waals surface area contributed by atoms with Crippen LogP contribution in [0.15, 0.2) is 66.7 Å². The molecule has 5 rings (SSSR count). The van der Waals surface area contributed by atoms with E-state index in [1.54, 1.807) is 42.5 Å². The van der Waals surface area contributed by atoms with Crippen LogP contribution in [0.2, 0.25) is 0 Å². The second-order valence-corrected chi connectivity index (χ2v) is 9.69. The Morgan fingerprint density at radius 1 is 0.889 bits per heavy atom. The van der Waals surface area contributed by atoms with Crippen LogP contribution in [0.1, 0.15) is 35.2 Å². The highest BCUT2D eigenvalue weighted by atomic mass is 35.5. The van der Waals surface area contributed by atoms with E-state index in [2.05, 4.69) is 4.90 Å². The molecule has 0 bridgehead atoms. The number of hydrogen-bond donors (Lipinski definition) is 2. The van der Waals surface area contributed by atoms with Crippen molar-refractivity contribution in [1.29, 1.82) is 0 Å². The molecule has 3 aromatic carbocycles. The van der Waals surface area contributed by atoms with E-state index >= 15 is 0 Å². The molecule has 8 heteroatoms. The molecule has 0 spiro atoms. The second kappa shape index (κ2) is 12.2. The first-order chi connectivity index (χ1) is 16.6. The van der Waals surface area contributed by atoms with E-state index in [-0.39, 0.29) is 35.2 Å². The first-order valence-corrected chi connectivity index (χ1v) is 12.4. The zero-order valence-corrected chi connectivity index (χ0v) is 21.4. The fraction of sp³-hybridized carbons (Fsp3) is 0.250. The third-order valence-electron chi connectivity index (χ3n) is 6.27. The van der Waals surface area contributed by atoms with Crippen LogP contribution in [0.25, 0.3) is 20.5 Å². The van der Waals surface area contributed by atoms with Crippen LogP contribution in [0.4, 0.5) is 0 Å². The van der Waals surface area contributed by atoms with Crippen molar-refractivity contribution in [2.75, 3.05) is 26.2 Å². The molecule has 4 N–H and O–H groups in total. The maximum Gasteiger partial charge on any atom is 0.195 e. The number of nitrogens with zero attached hydrogens (tertiary/aromatic N) is 1. The minimum atomic E-state index is -0.0834. The van der Waals surface area contributed by atoms with Crippen molar-refractivity contribution in [3.8, 4) is 27.7 Å².